The number of benzene rings is 1. The highest BCUT2D eigenvalue weighted by atomic mass is 16.2. The molecule has 0 fully saturated rings. The van der Waals surface area contributed by atoms with Gasteiger partial charge in [-0.05, 0) is 25.5 Å². The maximum absolute atomic E-state index is 11.9. The highest BCUT2D eigenvalue weighted by Gasteiger charge is 2.06. The summed E-state index contributed by atoms with van der Waals surface area (Å²) >= 11 is 0. The van der Waals surface area contributed by atoms with E-state index in [1.165, 1.54) is 19.3 Å². The molecule has 22 heavy (non-hydrogen) atoms. The number of carbonyl (C=O) groups is 2. The van der Waals surface area contributed by atoms with Gasteiger partial charge in [-0.1, -0.05) is 50.3 Å². The zero-order chi connectivity index (χ0) is 16.2. The smallest absolute Gasteiger partial charge is 0.251 e. The van der Waals surface area contributed by atoms with Crippen molar-refractivity contribution in [2.75, 3.05) is 13.1 Å². The van der Waals surface area contributed by atoms with Crippen LogP contribution in [0.4, 0.5) is 0 Å². The minimum absolute atomic E-state index is 0.0000313. The Labute approximate surface area is 133 Å². The number of hydrogen-bond acceptors (Lipinski definition) is 2. The van der Waals surface area contributed by atoms with Crippen LogP contribution in [0.1, 0.15) is 61.4 Å². The molecule has 4 heteroatoms. The normalized spacial score (nSPS) is 10.3. The lowest BCUT2D eigenvalue weighted by molar-refractivity contribution is -0.120. The lowest BCUT2D eigenvalue weighted by Crippen LogP contribution is -2.31. The van der Waals surface area contributed by atoms with Gasteiger partial charge in [0.2, 0.25) is 5.91 Å². The van der Waals surface area contributed by atoms with Gasteiger partial charge in [0.1, 0.15) is 0 Å². The van der Waals surface area contributed by atoms with Gasteiger partial charge in [0.15, 0.2) is 0 Å². The quantitative estimate of drug-likeness (QED) is 0.652. The molecule has 1 aromatic carbocycles. The summed E-state index contributed by atoms with van der Waals surface area (Å²) in [6.07, 6.45) is 6.25. The molecule has 1 rings (SSSR count). The second-order valence-corrected chi connectivity index (χ2v) is 5.64. The summed E-state index contributed by atoms with van der Waals surface area (Å²) in [5.41, 5.74) is 1.68. The van der Waals surface area contributed by atoms with E-state index in [4.69, 9.17) is 0 Å². The molecule has 0 spiro atoms. The SMILES string of the molecule is CCCCCCCNC(=O)CCNC(=O)c1cccc(C)c1. The van der Waals surface area contributed by atoms with Crippen LogP contribution in [0, 0.1) is 6.92 Å². The van der Waals surface area contributed by atoms with Crippen LogP contribution in [0.15, 0.2) is 24.3 Å². The third kappa shape index (κ3) is 7.81. The standard InChI is InChI=1S/C18H28N2O2/c1-3-4-5-6-7-12-19-17(21)11-13-20-18(22)16-10-8-9-15(2)14-16/h8-10,14H,3-7,11-13H2,1-2H3,(H,19,21)(H,20,22). The van der Waals surface area contributed by atoms with Gasteiger partial charge in [-0.2, -0.15) is 0 Å². The number of amides is 2. The minimum atomic E-state index is -0.129. The summed E-state index contributed by atoms with van der Waals surface area (Å²) in [5.74, 6) is -0.129. The Morgan fingerprint density at radius 3 is 2.50 bits per heavy atom. The van der Waals surface area contributed by atoms with Gasteiger partial charge < -0.3 is 10.6 Å². The van der Waals surface area contributed by atoms with Gasteiger partial charge in [0.05, 0.1) is 0 Å². The highest BCUT2D eigenvalue weighted by Crippen LogP contribution is 2.03. The molecule has 0 aliphatic carbocycles. The van der Waals surface area contributed by atoms with Crippen molar-refractivity contribution in [3.63, 3.8) is 0 Å². The first-order chi connectivity index (χ1) is 10.6. The van der Waals surface area contributed by atoms with E-state index < -0.39 is 0 Å². The van der Waals surface area contributed by atoms with Crippen molar-refractivity contribution in [2.45, 2.75) is 52.4 Å². The molecule has 122 valence electrons. The van der Waals surface area contributed by atoms with E-state index in [1.807, 2.05) is 25.1 Å². The average Bonchev–Trinajstić information content (AvgIpc) is 2.50. The van der Waals surface area contributed by atoms with Crippen LogP contribution >= 0.6 is 0 Å². The Morgan fingerprint density at radius 2 is 1.77 bits per heavy atom. The number of hydrogen-bond donors (Lipinski definition) is 2. The zero-order valence-electron chi connectivity index (χ0n) is 13.8. The number of carbonyl (C=O) groups excluding carboxylic acids is 2. The van der Waals surface area contributed by atoms with Crippen molar-refractivity contribution in [1.82, 2.24) is 10.6 Å². The molecule has 1 aromatic rings. The maximum Gasteiger partial charge on any atom is 0.251 e. The van der Waals surface area contributed by atoms with E-state index in [2.05, 4.69) is 17.6 Å². The predicted octanol–water partition coefficient (Wildman–Crippen LogP) is 3.20. The van der Waals surface area contributed by atoms with Crippen molar-refractivity contribution in [3.05, 3.63) is 35.4 Å². The molecule has 0 aliphatic heterocycles. The van der Waals surface area contributed by atoms with Crippen molar-refractivity contribution >= 4 is 11.8 Å². The van der Waals surface area contributed by atoms with E-state index in [1.54, 1.807) is 6.07 Å². The van der Waals surface area contributed by atoms with Crippen LogP contribution in [0.5, 0.6) is 0 Å². The molecule has 0 heterocycles. The van der Waals surface area contributed by atoms with Crippen LogP contribution in [-0.2, 0) is 4.79 Å². The van der Waals surface area contributed by atoms with Crippen LogP contribution in [-0.4, -0.2) is 24.9 Å². The molecular weight excluding hydrogens is 276 g/mol. The Morgan fingerprint density at radius 1 is 1.00 bits per heavy atom. The van der Waals surface area contributed by atoms with Gasteiger partial charge >= 0.3 is 0 Å². The van der Waals surface area contributed by atoms with E-state index >= 15 is 0 Å². The molecule has 4 nitrogen and oxygen atoms in total. The maximum atomic E-state index is 11.9. The second kappa shape index (κ2) is 10.8. The van der Waals surface area contributed by atoms with Gasteiger partial charge in [-0.25, -0.2) is 0 Å². The monoisotopic (exact) mass is 304 g/mol. The summed E-state index contributed by atoms with van der Waals surface area (Å²) in [5, 5.41) is 5.67. The third-order valence-electron chi connectivity index (χ3n) is 3.52. The minimum Gasteiger partial charge on any atom is -0.356 e. The van der Waals surface area contributed by atoms with Gasteiger partial charge in [-0.15, -0.1) is 0 Å². The molecular formula is C18H28N2O2. The summed E-state index contributed by atoms with van der Waals surface area (Å²) in [7, 11) is 0. The van der Waals surface area contributed by atoms with E-state index in [0.717, 1.165) is 24.9 Å². The highest BCUT2D eigenvalue weighted by molar-refractivity contribution is 5.94. The largest absolute Gasteiger partial charge is 0.356 e. The number of nitrogens with one attached hydrogen (secondary N) is 2. The number of unbranched alkanes of at least 4 members (excludes halogenated alkanes) is 4. The zero-order valence-corrected chi connectivity index (χ0v) is 13.8. The lowest BCUT2D eigenvalue weighted by atomic mass is 10.1. The fourth-order valence-electron chi connectivity index (χ4n) is 2.22. The van der Waals surface area contributed by atoms with Crippen LogP contribution in [0.25, 0.3) is 0 Å². The Kier molecular flexibility index (Phi) is 8.96. The fraction of sp³-hybridized carbons (Fsp3) is 0.556. The molecule has 2 N–H and O–H groups in total. The molecule has 0 saturated heterocycles. The molecule has 0 aromatic heterocycles. The summed E-state index contributed by atoms with van der Waals surface area (Å²) in [6, 6.07) is 7.42. The molecule has 0 bridgehead atoms. The van der Waals surface area contributed by atoms with Crippen LogP contribution in [0.2, 0.25) is 0 Å². The first kappa shape index (κ1) is 18.2. The summed E-state index contributed by atoms with van der Waals surface area (Å²) < 4.78 is 0. The summed E-state index contributed by atoms with van der Waals surface area (Å²) in [4.78, 5) is 23.5. The molecule has 0 radical (unpaired) electrons. The lowest BCUT2D eigenvalue weighted by Gasteiger charge is -2.07. The molecule has 2 amide bonds. The Balaban J connectivity index is 2.10. The molecule has 0 atom stereocenters. The van der Waals surface area contributed by atoms with Gasteiger partial charge in [0, 0.05) is 25.1 Å². The van der Waals surface area contributed by atoms with Crippen molar-refractivity contribution in [3.8, 4) is 0 Å². The van der Waals surface area contributed by atoms with Gasteiger partial charge in [0.25, 0.3) is 5.91 Å². The molecule has 0 aliphatic rings. The first-order valence-corrected chi connectivity index (χ1v) is 8.25. The third-order valence-corrected chi connectivity index (χ3v) is 3.52. The first-order valence-electron chi connectivity index (χ1n) is 8.25. The molecule has 0 saturated carbocycles. The average molecular weight is 304 g/mol. The van der Waals surface area contributed by atoms with Crippen LogP contribution in [0.3, 0.4) is 0 Å². The van der Waals surface area contributed by atoms with E-state index in [9.17, 15) is 9.59 Å². The van der Waals surface area contributed by atoms with E-state index in [-0.39, 0.29) is 11.8 Å². The van der Waals surface area contributed by atoms with Crippen molar-refractivity contribution in [2.24, 2.45) is 0 Å². The molecule has 0 unspecified atom stereocenters. The Bertz CT molecular complexity index is 472. The predicted molar refractivity (Wildman–Crippen MR) is 89.9 cm³/mol. The summed E-state index contributed by atoms with van der Waals surface area (Å²) in [6.45, 7) is 5.24. The fourth-order valence-corrected chi connectivity index (χ4v) is 2.22. The second-order valence-electron chi connectivity index (χ2n) is 5.64. The van der Waals surface area contributed by atoms with Crippen molar-refractivity contribution < 1.29 is 9.59 Å². The van der Waals surface area contributed by atoms with Crippen LogP contribution < -0.4 is 10.6 Å². The topological polar surface area (TPSA) is 58.2 Å². The number of rotatable bonds is 10. The Hall–Kier alpha value is -1.84. The van der Waals surface area contributed by atoms with E-state index in [0.29, 0.717) is 18.5 Å². The van der Waals surface area contributed by atoms with Crippen molar-refractivity contribution in [1.29, 1.82) is 0 Å². The van der Waals surface area contributed by atoms with Gasteiger partial charge in [-0.3, -0.25) is 9.59 Å². The number of aryl methyl sites for hydroxylation is 1.